The van der Waals surface area contributed by atoms with Gasteiger partial charge in [-0.05, 0) is 19.3 Å². The second-order valence-electron chi connectivity index (χ2n) is 13.5. The number of unbranched alkanes of at least 4 members (excludes halogenated alkanes) is 28. The van der Waals surface area contributed by atoms with Crippen LogP contribution in [0.3, 0.4) is 0 Å². The minimum Gasteiger partial charge on any atom is -0.264 e. The van der Waals surface area contributed by atoms with Crippen molar-refractivity contribution in [1.82, 2.24) is 4.90 Å². The van der Waals surface area contributed by atoms with E-state index in [-0.39, 0.29) is 0 Å². The molecule has 238 valence electrons. The van der Waals surface area contributed by atoms with Gasteiger partial charge in [-0.2, -0.15) is 0 Å². The molecule has 0 unspecified atom stereocenters. The molecule has 1 aliphatic heterocycles. The molecule has 2 nitrogen and oxygen atoms in total. The molecule has 0 atom stereocenters. The molecule has 0 fully saturated rings. The van der Waals surface area contributed by atoms with E-state index in [1.807, 2.05) is 0 Å². The lowest BCUT2D eigenvalue weighted by Gasteiger charge is -2.13. The molecule has 0 radical (unpaired) electrons. The van der Waals surface area contributed by atoms with Crippen molar-refractivity contribution in [1.29, 1.82) is 0 Å². The van der Waals surface area contributed by atoms with Crippen molar-refractivity contribution in [3.05, 3.63) is 0 Å². The lowest BCUT2D eigenvalue weighted by molar-refractivity contribution is -0.487. The van der Waals surface area contributed by atoms with Gasteiger partial charge in [0.15, 0.2) is 0 Å². The molecular formula is C38H77N2+. The first-order valence-electron chi connectivity index (χ1n) is 19.1. The molecule has 0 saturated heterocycles. The average Bonchev–Trinajstić information content (AvgIpc) is 3.31. The van der Waals surface area contributed by atoms with Crippen LogP contribution in [-0.4, -0.2) is 42.0 Å². The van der Waals surface area contributed by atoms with E-state index in [0.29, 0.717) is 0 Å². The maximum absolute atomic E-state index is 2.73. The summed E-state index contributed by atoms with van der Waals surface area (Å²) < 4.78 is 2.55. The summed E-state index contributed by atoms with van der Waals surface area (Å²) in [6, 6.07) is 0. The van der Waals surface area contributed by atoms with Crippen LogP contribution in [0.1, 0.15) is 213 Å². The Bertz CT molecular complexity index is 540. The van der Waals surface area contributed by atoms with Crippen LogP contribution in [0.4, 0.5) is 0 Å². The van der Waals surface area contributed by atoms with Crippen LogP contribution in [-0.2, 0) is 0 Å². The molecule has 0 bridgehead atoms. The van der Waals surface area contributed by atoms with Gasteiger partial charge in [-0.1, -0.05) is 187 Å². The van der Waals surface area contributed by atoms with Crippen LogP contribution in [0.5, 0.6) is 0 Å². The zero-order chi connectivity index (χ0) is 28.8. The Morgan fingerprint density at radius 1 is 0.425 bits per heavy atom. The lowest BCUT2D eigenvalue weighted by Crippen LogP contribution is -2.30. The third kappa shape index (κ3) is 23.1. The predicted octanol–water partition coefficient (Wildman–Crippen LogP) is 12.5. The van der Waals surface area contributed by atoms with E-state index in [9.17, 15) is 0 Å². The van der Waals surface area contributed by atoms with Gasteiger partial charge in [-0.3, -0.25) is 9.48 Å². The second kappa shape index (κ2) is 29.9. The summed E-state index contributed by atoms with van der Waals surface area (Å²) in [5.74, 6) is 1.65. The van der Waals surface area contributed by atoms with Gasteiger partial charge in [-0.25, -0.2) is 0 Å². The maximum atomic E-state index is 2.73. The summed E-state index contributed by atoms with van der Waals surface area (Å²) in [7, 11) is 2.33. The molecule has 0 aromatic heterocycles. The average molecular weight is 562 g/mol. The normalized spacial score (nSPS) is 13.7. The van der Waals surface area contributed by atoms with Crippen molar-refractivity contribution in [2.24, 2.45) is 0 Å². The highest BCUT2D eigenvalue weighted by atomic mass is 15.3. The Kier molecular flexibility index (Phi) is 28.1. The third-order valence-corrected chi connectivity index (χ3v) is 9.55. The SMILES string of the molecule is CCCCCCCCCCCCCCCCCC1=[N+](C)CCN1CCCCCCCCCCCCCCCCC. The molecule has 40 heavy (non-hydrogen) atoms. The van der Waals surface area contributed by atoms with Gasteiger partial charge in [0.1, 0.15) is 13.1 Å². The standard InChI is InChI=1S/C38H77N2/c1-4-6-8-10-12-14-16-18-20-22-24-26-28-30-32-34-38-39(3)36-37-40(38)35-33-31-29-27-25-23-21-19-17-15-13-11-9-7-5-2/h4-37H2,1-3H3/q+1. The van der Waals surface area contributed by atoms with Gasteiger partial charge < -0.3 is 0 Å². The summed E-state index contributed by atoms with van der Waals surface area (Å²) in [4.78, 5) is 2.73. The highest BCUT2D eigenvalue weighted by Gasteiger charge is 2.26. The van der Waals surface area contributed by atoms with E-state index in [1.54, 1.807) is 5.84 Å². The monoisotopic (exact) mass is 562 g/mol. The van der Waals surface area contributed by atoms with E-state index in [2.05, 4.69) is 30.4 Å². The molecule has 1 heterocycles. The molecule has 0 aromatic carbocycles. The predicted molar refractivity (Wildman–Crippen MR) is 182 cm³/mol. The molecule has 0 N–H and O–H groups in total. The maximum Gasteiger partial charge on any atom is 0.246 e. The van der Waals surface area contributed by atoms with Gasteiger partial charge in [0.25, 0.3) is 0 Å². The van der Waals surface area contributed by atoms with Crippen molar-refractivity contribution >= 4 is 5.84 Å². The van der Waals surface area contributed by atoms with Crippen molar-refractivity contribution < 1.29 is 4.58 Å². The fourth-order valence-corrected chi connectivity index (χ4v) is 6.69. The van der Waals surface area contributed by atoms with Crippen LogP contribution in [0, 0.1) is 0 Å². The second-order valence-corrected chi connectivity index (χ2v) is 13.5. The number of likely N-dealkylation sites (N-methyl/N-ethyl adjacent to an activating group) is 1. The number of nitrogens with zero attached hydrogens (tertiary/aromatic N) is 2. The van der Waals surface area contributed by atoms with Crippen LogP contribution < -0.4 is 0 Å². The molecule has 0 saturated carbocycles. The largest absolute Gasteiger partial charge is 0.264 e. The first kappa shape index (κ1) is 37.5. The van der Waals surface area contributed by atoms with E-state index < -0.39 is 0 Å². The van der Waals surface area contributed by atoms with Crippen LogP contribution in [0.15, 0.2) is 0 Å². The van der Waals surface area contributed by atoms with Gasteiger partial charge in [0.05, 0.1) is 13.6 Å². The third-order valence-electron chi connectivity index (χ3n) is 9.55. The van der Waals surface area contributed by atoms with E-state index in [1.165, 1.54) is 219 Å². The number of hydrogen-bond acceptors (Lipinski definition) is 1. The minimum atomic E-state index is 1.24. The fraction of sp³-hybridized carbons (Fsp3) is 0.974. The number of hydrogen-bond donors (Lipinski definition) is 0. The number of rotatable bonds is 32. The number of amidine groups is 1. The first-order chi connectivity index (χ1) is 19.8. The molecular weight excluding hydrogens is 484 g/mol. The summed E-state index contributed by atoms with van der Waals surface area (Å²) in [6.45, 7) is 8.43. The van der Waals surface area contributed by atoms with E-state index in [4.69, 9.17) is 0 Å². The Hall–Kier alpha value is -0.530. The zero-order valence-electron chi connectivity index (χ0n) is 28.4. The lowest BCUT2D eigenvalue weighted by atomic mass is 10.0. The van der Waals surface area contributed by atoms with Crippen LogP contribution >= 0.6 is 0 Å². The zero-order valence-corrected chi connectivity index (χ0v) is 28.4. The molecule has 0 aliphatic carbocycles. The topological polar surface area (TPSA) is 6.25 Å². The van der Waals surface area contributed by atoms with Crippen molar-refractivity contribution in [2.45, 2.75) is 213 Å². The first-order valence-corrected chi connectivity index (χ1v) is 19.1. The van der Waals surface area contributed by atoms with Crippen molar-refractivity contribution in [3.8, 4) is 0 Å². The summed E-state index contributed by atoms with van der Waals surface area (Å²) in [5.41, 5.74) is 0. The van der Waals surface area contributed by atoms with Gasteiger partial charge in [0, 0.05) is 6.42 Å². The highest BCUT2D eigenvalue weighted by Crippen LogP contribution is 2.17. The Balaban J connectivity index is 1.87. The van der Waals surface area contributed by atoms with Gasteiger partial charge >= 0.3 is 0 Å². The summed E-state index contributed by atoms with van der Waals surface area (Å²) in [5, 5.41) is 0. The Labute approximate surface area is 254 Å². The van der Waals surface area contributed by atoms with Gasteiger partial charge in [0.2, 0.25) is 5.84 Å². The van der Waals surface area contributed by atoms with Crippen LogP contribution in [0.25, 0.3) is 0 Å². The van der Waals surface area contributed by atoms with Crippen molar-refractivity contribution in [2.75, 3.05) is 26.7 Å². The molecule has 0 amide bonds. The minimum absolute atomic E-state index is 1.24. The fourth-order valence-electron chi connectivity index (χ4n) is 6.69. The Morgan fingerprint density at radius 2 is 0.725 bits per heavy atom. The summed E-state index contributed by atoms with van der Waals surface area (Å²) in [6.07, 6.45) is 45.0. The van der Waals surface area contributed by atoms with Gasteiger partial charge in [-0.15, -0.1) is 0 Å². The van der Waals surface area contributed by atoms with E-state index >= 15 is 0 Å². The molecule has 0 spiro atoms. The highest BCUT2D eigenvalue weighted by molar-refractivity contribution is 5.78. The van der Waals surface area contributed by atoms with Crippen LogP contribution in [0.2, 0.25) is 0 Å². The molecule has 2 heteroatoms. The Morgan fingerprint density at radius 3 is 1.07 bits per heavy atom. The van der Waals surface area contributed by atoms with Crippen molar-refractivity contribution in [3.63, 3.8) is 0 Å². The smallest absolute Gasteiger partial charge is 0.246 e. The molecule has 0 aromatic rings. The molecule has 1 aliphatic rings. The quantitative estimate of drug-likeness (QED) is 0.0584. The summed E-state index contributed by atoms with van der Waals surface area (Å²) >= 11 is 0. The molecule has 1 rings (SSSR count). The van der Waals surface area contributed by atoms with E-state index in [0.717, 1.165) is 0 Å².